The Hall–Kier alpha value is -7.84. The van der Waals surface area contributed by atoms with Crippen LogP contribution in [-0.4, -0.2) is 126 Å². The fourth-order valence-corrected chi connectivity index (χ4v) is 16.2. The van der Waals surface area contributed by atoms with E-state index in [1.165, 1.54) is 31.4 Å². The summed E-state index contributed by atoms with van der Waals surface area (Å²) in [6.07, 6.45) is -16.1. The number of esters is 6. The molecule has 10 atom stereocenters. The number of hydrogen-bond donors (Lipinski definition) is 0. The highest BCUT2D eigenvalue weighted by molar-refractivity contribution is 6.77. The molecule has 18 heteroatoms. The maximum Gasteiger partial charge on any atom is 0.338 e. The molecule has 6 aromatic rings. The molecule has 2 fully saturated rings. The van der Waals surface area contributed by atoms with Crippen molar-refractivity contribution in [2.45, 2.75) is 120 Å². The molecule has 8 rings (SSSR count). The predicted molar refractivity (Wildman–Crippen MR) is 301 cm³/mol. The van der Waals surface area contributed by atoms with E-state index in [4.69, 9.17) is 51.8 Å². The second-order valence-corrected chi connectivity index (χ2v) is 26.1. The number of carbonyl (C=O) groups is 6. The van der Waals surface area contributed by atoms with E-state index in [0.717, 1.165) is 0 Å². The normalized spacial score (nSPS) is 22.6. The van der Waals surface area contributed by atoms with Crippen molar-refractivity contribution in [3.8, 4) is 0 Å². The number of methoxy groups -OCH3 is 1. The summed E-state index contributed by atoms with van der Waals surface area (Å²) in [5, 5.41) is 0. The Morgan fingerprint density at radius 2 is 0.646 bits per heavy atom. The lowest BCUT2D eigenvalue weighted by atomic mass is 9.95. The predicted octanol–water partition coefficient (Wildman–Crippen LogP) is 10.6. The molecular weight excluding hydrogens is 1070 g/mol. The minimum Gasteiger partial charge on any atom is -0.459 e. The third-order valence-electron chi connectivity index (χ3n) is 14.5. The van der Waals surface area contributed by atoms with E-state index in [-0.39, 0.29) is 50.0 Å². The van der Waals surface area contributed by atoms with Crippen LogP contribution in [0.1, 0.15) is 104 Å². The first kappa shape index (κ1) is 60.3. The van der Waals surface area contributed by atoms with Gasteiger partial charge in [0.15, 0.2) is 37.0 Å². The van der Waals surface area contributed by atoms with E-state index < -0.39 is 119 Å². The van der Waals surface area contributed by atoms with Gasteiger partial charge in [-0.1, -0.05) is 151 Å². The summed E-state index contributed by atoms with van der Waals surface area (Å²) in [6.45, 7) is 11.0. The molecule has 0 amide bonds. The highest BCUT2D eigenvalue weighted by atomic mass is 28.4. The molecule has 0 aromatic heterocycles. The van der Waals surface area contributed by atoms with E-state index in [0.29, 0.717) is 0 Å². The summed E-state index contributed by atoms with van der Waals surface area (Å²) >= 11 is 0. The second-order valence-electron chi connectivity index (χ2n) is 20.7. The lowest BCUT2D eigenvalue weighted by Gasteiger charge is -2.52. The molecule has 6 aromatic carbocycles. The van der Waals surface area contributed by atoms with Crippen LogP contribution in [0.4, 0.5) is 0 Å². The first-order chi connectivity index (χ1) is 39.6. The van der Waals surface area contributed by atoms with Gasteiger partial charge in [-0.15, -0.1) is 0 Å². The third kappa shape index (κ3) is 14.4. The van der Waals surface area contributed by atoms with Gasteiger partial charge in [0.25, 0.3) is 0 Å². The Morgan fingerprint density at radius 3 is 0.963 bits per heavy atom. The second kappa shape index (κ2) is 28.2. The molecule has 82 heavy (non-hydrogen) atoms. The molecule has 430 valence electrons. The molecule has 0 N–H and O–H groups in total. The minimum atomic E-state index is -3.25. The van der Waals surface area contributed by atoms with Gasteiger partial charge in [-0.2, -0.15) is 0 Å². The Bertz CT molecular complexity index is 3020. The topological polar surface area (TPSA) is 204 Å². The number of benzene rings is 6. The maximum atomic E-state index is 14.8. The molecular formula is C64H68O17Si. The van der Waals surface area contributed by atoms with Crippen molar-refractivity contribution < 1.29 is 80.6 Å². The zero-order valence-corrected chi connectivity index (χ0v) is 47.7. The van der Waals surface area contributed by atoms with Crippen LogP contribution in [-0.2, 0) is 51.8 Å². The smallest absolute Gasteiger partial charge is 0.338 e. The van der Waals surface area contributed by atoms with E-state index >= 15 is 0 Å². The van der Waals surface area contributed by atoms with Crippen LogP contribution >= 0.6 is 0 Å². The molecule has 0 radical (unpaired) electrons. The molecule has 2 saturated heterocycles. The molecule has 2 aliphatic rings. The van der Waals surface area contributed by atoms with Crippen molar-refractivity contribution in [2.24, 2.45) is 0 Å². The maximum absolute atomic E-state index is 14.8. The first-order valence-electron chi connectivity index (χ1n) is 27.2. The fourth-order valence-electron chi connectivity index (χ4n) is 10.6. The average molecular weight is 1140 g/mol. The van der Waals surface area contributed by atoms with Crippen LogP contribution in [0.2, 0.25) is 16.6 Å². The minimum absolute atomic E-state index is 0.112. The SMILES string of the molecule is CO[C@@H]1OC(COC(=O)c2ccccc2)[C@H](OC(=O)c2ccccc2)C(O[C@H]2OC(COC(=O)c3ccccc3)[C@H](OC(=O)c3ccccc3)C(OC(=O)c3ccccc3)C2O[Si](C(C)C)(C(C)C)C(C)C)C1OC(=O)c1ccccc1. The van der Waals surface area contributed by atoms with Crippen LogP contribution in [0.25, 0.3) is 0 Å². The summed E-state index contributed by atoms with van der Waals surface area (Å²) in [5.74, 6) is -4.92. The monoisotopic (exact) mass is 1140 g/mol. The standard InChI is InChI=1S/C64H68O17Si/c1-40(2)82(41(3)4,42(5)6)81-56-54(78-61(69)47-34-22-12-23-35-47)52(77-60(68)46-32-20-11-21-33-46)50(39-73-58(66)44-28-16-9-17-29-44)75-64(56)80-53-51(76-59(67)45-30-18-10-19-31-45)49(38-72-57(65)43-26-14-8-15-27-43)74-63(71-7)55(53)79-62(70)48-36-24-13-25-37-48/h8-37,40-42,49-56,63-64H,38-39H2,1-7H3/t49?,50?,51-,52-,53?,54?,55?,56?,63+,64+/m0/s1. The molecule has 2 heterocycles. The molecule has 0 saturated carbocycles. The van der Waals surface area contributed by atoms with E-state index in [2.05, 4.69) is 0 Å². The van der Waals surface area contributed by atoms with Crippen molar-refractivity contribution >= 4 is 44.1 Å². The van der Waals surface area contributed by atoms with Gasteiger partial charge < -0.3 is 51.8 Å². The number of hydrogen-bond acceptors (Lipinski definition) is 17. The summed E-state index contributed by atoms with van der Waals surface area (Å²) < 4.78 is 72.3. The lowest BCUT2D eigenvalue weighted by molar-refractivity contribution is -0.354. The molecule has 0 spiro atoms. The van der Waals surface area contributed by atoms with Crippen LogP contribution in [0.5, 0.6) is 0 Å². The number of ether oxygens (including phenoxy) is 10. The van der Waals surface area contributed by atoms with Crippen molar-refractivity contribution in [1.82, 2.24) is 0 Å². The van der Waals surface area contributed by atoms with Crippen LogP contribution < -0.4 is 0 Å². The molecule has 2 aliphatic heterocycles. The Morgan fingerprint density at radius 1 is 0.366 bits per heavy atom. The summed E-state index contributed by atoms with van der Waals surface area (Å²) in [4.78, 5) is 85.9. The quantitative estimate of drug-likeness (QED) is 0.0352. The van der Waals surface area contributed by atoms with Gasteiger partial charge >= 0.3 is 35.8 Å². The van der Waals surface area contributed by atoms with Crippen LogP contribution in [0.15, 0.2) is 182 Å². The Kier molecular flexibility index (Phi) is 20.7. The van der Waals surface area contributed by atoms with Crippen molar-refractivity contribution in [2.75, 3.05) is 20.3 Å². The molecule has 0 bridgehead atoms. The van der Waals surface area contributed by atoms with E-state index in [1.807, 2.05) is 41.5 Å². The van der Waals surface area contributed by atoms with Gasteiger partial charge in [-0.05, 0) is 89.4 Å². The summed E-state index contributed by atoms with van der Waals surface area (Å²) in [7, 11) is -1.95. The van der Waals surface area contributed by atoms with Gasteiger partial charge in [-0.25, -0.2) is 28.8 Å². The fraction of sp³-hybridized carbons (Fsp3) is 0.344. The number of rotatable bonds is 22. The average Bonchev–Trinajstić information content (AvgIpc) is 3.38. The van der Waals surface area contributed by atoms with Crippen LogP contribution in [0, 0.1) is 0 Å². The van der Waals surface area contributed by atoms with Gasteiger partial charge in [0.05, 0.1) is 33.4 Å². The largest absolute Gasteiger partial charge is 0.459 e. The van der Waals surface area contributed by atoms with Crippen molar-refractivity contribution in [1.29, 1.82) is 0 Å². The van der Waals surface area contributed by atoms with Gasteiger partial charge in [-0.3, -0.25) is 0 Å². The van der Waals surface area contributed by atoms with Gasteiger partial charge in [0.2, 0.25) is 8.32 Å². The molecule has 6 unspecified atom stereocenters. The highest BCUT2D eigenvalue weighted by Crippen LogP contribution is 2.46. The van der Waals surface area contributed by atoms with E-state index in [9.17, 15) is 28.8 Å². The Labute approximate surface area is 478 Å². The van der Waals surface area contributed by atoms with Crippen molar-refractivity contribution in [3.05, 3.63) is 215 Å². The summed E-state index contributed by atoms with van der Waals surface area (Å²) in [5.41, 5.74) is 0.486. The Balaban J connectivity index is 1.33. The molecule has 17 nitrogen and oxygen atoms in total. The summed E-state index contributed by atoms with van der Waals surface area (Å²) in [6, 6.07) is 48.8. The number of carbonyl (C=O) groups excluding carboxylic acids is 6. The highest BCUT2D eigenvalue weighted by Gasteiger charge is 2.60. The van der Waals surface area contributed by atoms with E-state index in [1.54, 1.807) is 158 Å². The van der Waals surface area contributed by atoms with Crippen molar-refractivity contribution in [3.63, 3.8) is 0 Å². The first-order valence-corrected chi connectivity index (χ1v) is 29.4. The molecule has 0 aliphatic carbocycles. The van der Waals surface area contributed by atoms with Crippen LogP contribution in [0.3, 0.4) is 0 Å². The third-order valence-corrected chi connectivity index (χ3v) is 20.6. The van der Waals surface area contributed by atoms with Gasteiger partial charge in [0.1, 0.15) is 37.6 Å². The zero-order valence-electron chi connectivity index (χ0n) is 46.7. The lowest BCUT2D eigenvalue weighted by Crippen LogP contribution is -2.69. The zero-order chi connectivity index (χ0) is 58.3. The van der Waals surface area contributed by atoms with Gasteiger partial charge in [0, 0.05) is 7.11 Å².